The van der Waals surface area contributed by atoms with E-state index in [0.29, 0.717) is 6.61 Å². The smallest absolute Gasteiger partial charge is 0.308 e. The van der Waals surface area contributed by atoms with Crippen LogP contribution in [0.3, 0.4) is 0 Å². The van der Waals surface area contributed by atoms with Crippen molar-refractivity contribution >= 4 is 5.97 Å². The Kier molecular flexibility index (Phi) is 5.36. The fourth-order valence-corrected chi connectivity index (χ4v) is 2.08. The Labute approximate surface area is 115 Å². The van der Waals surface area contributed by atoms with Gasteiger partial charge in [0.1, 0.15) is 5.75 Å². The molecule has 0 bridgehead atoms. The van der Waals surface area contributed by atoms with Crippen LogP contribution in [0.25, 0.3) is 0 Å². The third-order valence-corrected chi connectivity index (χ3v) is 3.47. The minimum absolute atomic E-state index is 0.204. The van der Waals surface area contributed by atoms with Gasteiger partial charge in [0.05, 0.1) is 25.7 Å². The molecule has 1 aromatic rings. The molecule has 0 aliphatic rings. The molecule has 4 heteroatoms. The second-order valence-electron chi connectivity index (χ2n) is 4.85. The molecule has 0 heterocycles. The van der Waals surface area contributed by atoms with Gasteiger partial charge < -0.3 is 9.47 Å². The molecule has 106 valence electrons. The number of esters is 1. The maximum Gasteiger partial charge on any atom is 0.308 e. The largest absolute Gasteiger partial charge is 0.496 e. The van der Waals surface area contributed by atoms with Gasteiger partial charge in [-0.1, -0.05) is 18.2 Å². The number of hydrogen-bond acceptors (Lipinski definition) is 4. The van der Waals surface area contributed by atoms with Crippen molar-refractivity contribution in [1.29, 1.82) is 0 Å². The zero-order valence-corrected chi connectivity index (χ0v) is 12.4. The molecule has 4 nitrogen and oxygen atoms in total. The third-order valence-electron chi connectivity index (χ3n) is 3.47. The van der Waals surface area contributed by atoms with Crippen molar-refractivity contribution in [3.63, 3.8) is 0 Å². The summed E-state index contributed by atoms with van der Waals surface area (Å²) in [4.78, 5) is 13.9. The van der Waals surface area contributed by atoms with Crippen LogP contribution in [0.5, 0.6) is 5.75 Å². The summed E-state index contributed by atoms with van der Waals surface area (Å²) in [6.07, 6.45) is 0.286. The van der Waals surface area contributed by atoms with Crippen LogP contribution >= 0.6 is 0 Å². The molecule has 0 amide bonds. The third kappa shape index (κ3) is 3.47. The molecule has 0 fully saturated rings. The van der Waals surface area contributed by atoms with Crippen molar-refractivity contribution in [2.75, 3.05) is 27.8 Å². The van der Waals surface area contributed by atoms with E-state index in [0.717, 1.165) is 11.3 Å². The van der Waals surface area contributed by atoms with Gasteiger partial charge in [0.2, 0.25) is 0 Å². The average molecular weight is 265 g/mol. The van der Waals surface area contributed by atoms with Crippen molar-refractivity contribution in [3.8, 4) is 5.75 Å². The Hall–Kier alpha value is -1.55. The maximum absolute atomic E-state index is 11.8. The molecule has 0 aliphatic carbocycles. The lowest BCUT2D eigenvalue weighted by Crippen LogP contribution is -2.41. The number of benzene rings is 1. The predicted molar refractivity (Wildman–Crippen MR) is 75.3 cm³/mol. The minimum atomic E-state index is -0.459. The number of ether oxygens (including phenoxy) is 2. The maximum atomic E-state index is 11.8. The molecule has 0 saturated carbocycles. The molecule has 0 radical (unpaired) electrons. The van der Waals surface area contributed by atoms with Crippen LogP contribution < -0.4 is 4.74 Å². The highest BCUT2D eigenvalue weighted by atomic mass is 16.5. The van der Waals surface area contributed by atoms with Gasteiger partial charge >= 0.3 is 5.97 Å². The summed E-state index contributed by atoms with van der Waals surface area (Å²) >= 11 is 0. The molecule has 19 heavy (non-hydrogen) atoms. The van der Waals surface area contributed by atoms with Crippen molar-refractivity contribution in [1.82, 2.24) is 4.90 Å². The van der Waals surface area contributed by atoms with Gasteiger partial charge in [0.25, 0.3) is 0 Å². The zero-order chi connectivity index (χ0) is 14.5. The van der Waals surface area contributed by atoms with E-state index in [1.807, 2.05) is 57.1 Å². The molecular formula is C15H23NO3. The SMILES string of the molecule is CCOC(=O)CC(C)(c1ccccc1OC)N(C)C. The second kappa shape index (κ2) is 6.57. The van der Waals surface area contributed by atoms with Gasteiger partial charge in [-0.3, -0.25) is 9.69 Å². The number of nitrogens with zero attached hydrogens (tertiary/aromatic N) is 1. The normalized spacial score (nSPS) is 14.0. The van der Waals surface area contributed by atoms with Crippen LogP contribution in [0.2, 0.25) is 0 Å². The van der Waals surface area contributed by atoms with Gasteiger partial charge in [-0.2, -0.15) is 0 Å². The molecule has 1 atom stereocenters. The fraction of sp³-hybridized carbons (Fsp3) is 0.533. The predicted octanol–water partition coefficient (Wildman–Crippen LogP) is 2.43. The van der Waals surface area contributed by atoms with E-state index < -0.39 is 5.54 Å². The molecular weight excluding hydrogens is 242 g/mol. The monoisotopic (exact) mass is 265 g/mol. The van der Waals surface area contributed by atoms with Crippen LogP contribution in [0, 0.1) is 0 Å². The van der Waals surface area contributed by atoms with E-state index in [-0.39, 0.29) is 12.4 Å². The number of carbonyl (C=O) groups is 1. The molecule has 1 aromatic carbocycles. The number of rotatable bonds is 6. The highest BCUT2D eigenvalue weighted by Crippen LogP contribution is 2.36. The highest BCUT2D eigenvalue weighted by Gasteiger charge is 2.35. The Bertz CT molecular complexity index is 431. The molecule has 1 rings (SSSR count). The highest BCUT2D eigenvalue weighted by molar-refractivity contribution is 5.71. The average Bonchev–Trinajstić information content (AvgIpc) is 2.38. The topological polar surface area (TPSA) is 38.8 Å². The van der Waals surface area contributed by atoms with E-state index >= 15 is 0 Å². The summed E-state index contributed by atoms with van der Waals surface area (Å²) in [6, 6.07) is 7.76. The van der Waals surface area contributed by atoms with Gasteiger partial charge in [-0.05, 0) is 34.0 Å². The number of hydrogen-bond donors (Lipinski definition) is 0. The summed E-state index contributed by atoms with van der Waals surface area (Å²) < 4.78 is 10.5. The van der Waals surface area contributed by atoms with Crippen LogP contribution in [0.15, 0.2) is 24.3 Å². The summed E-state index contributed by atoms with van der Waals surface area (Å²) in [7, 11) is 5.54. The van der Waals surface area contributed by atoms with Gasteiger partial charge in [0, 0.05) is 5.56 Å². The van der Waals surface area contributed by atoms with Gasteiger partial charge in [-0.25, -0.2) is 0 Å². The van der Waals surface area contributed by atoms with Crippen LogP contribution in [-0.4, -0.2) is 38.7 Å². The molecule has 0 aliphatic heterocycles. The quantitative estimate of drug-likeness (QED) is 0.740. The Morgan fingerprint density at radius 2 is 1.95 bits per heavy atom. The van der Waals surface area contributed by atoms with Crippen molar-refractivity contribution < 1.29 is 14.3 Å². The first kappa shape index (κ1) is 15.5. The van der Waals surface area contributed by atoms with Crippen LogP contribution in [0.4, 0.5) is 0 Å². The van der Waals surface area contributed by atoms with Crippen molar-refractivity contribution in [2.45, 2.75) is 25.8 Å². The summed E-state index contributed by atoms with van der Waals surface area (Å²) in [5.74, 6) is 0.576. The summed E-state index contributed by atoms with van der Waals surface area (Å²) in [5, 5.41) is 0. The molecule has 0 N–H and O–H groups in total. The Morgan fingerprint density at radius 3 is 2.47 bits per heavy atom. The first-order chi connectivity index (χ1) is 8.95. The number of para-hydroxylation sites is 1. The minimum Gasteiger partial charge on any atom is -0.496 e. The summed E-state index contributed by atoms with van der Waals surface area (Å²) in [5.41, 5.74) is 0.523. The molecule has 1 unspecified atom stereocenters. The number of methoxy groups -OCH3 is 1. The Morgan fingerprint density at radius 1 is 1.32 bits per heavy atom. The standard InChI is InChI=1S/C15H23NO3/c1-6-19-14(17)11-15(2,16(3)4)12-9-7-8-10-13(12)18-5/h7-10H,6,11H2,1-5H3. The van der Waals surface area contributed by atoms with Gasteiger partial charge in [0.15, 0.2) is 0 Å². The van der Waals surface area contributed by atoms with Crippen LogP contribution in [-0.2, 0) is 15.1 Å². The molecule has 0 aromatic heterocycles. The molecule has 0 spiro atoms. The fourth-order valence-electron chi connectivity index (χ4n) is 2.08. The number of carbonyl (C=O) groups excluding carboxylic acids is 1. The lowest BCUT2D eigenvalue weighted by Gasteiger charge is -2.37. The van der Waals surface area contributed by atoms with E-state index in [2.05, 4.69) is 0 Å². The molecule has 0 saturated heterocycles. The lowest BCUT2D eigenvalue weighted by molar-refractivity contribution is -0.146. The van der Waals surface area contributed by atoms with Crippen molar-refractivity contribution in [2.24, 2.45) is 0 Å². The second-order valence-corrected chi connectivity index (χ2v) is 4.85. The zero-order valence-electron chi connectivity index (χ0n) is 12.4. The van der Waals surface area contributed by atoms with Gasteiger partial charge in [-0.15, -0.1) is 0 Å². The Balaban J connectivity index is 3.14. The van der Waals surface area contributed by atoms with E-state index in [9.17, 15) is 4.79 Å². The van der Waals surface area contributed by atoms with Crippen molar-refractivity contribution in [3.05, 3.63) is 29.8 Å². The lowest BCUT2D eigenvalue weighted by atomic mass is 9.86. The summed E-state index contributed by atoms with van der Waals surface area (Å²) in [6.45, 7) is 4.23. The van der Waals surface area contributed by atoms with E-state index in [1.54, 1.807) is 7.11 Å². The van der Waals surface area contributed by atoms with E-state index in [1.165, 1.54) is 0 Å². The first-order valence-corrected chi connectivity index (χ1v) is 6.42. The first-order valence-electron chi connectivity index (χ1n) is 6.42. The van der Waals surface area contributed by atoms with Crippen LogP contribution in [0.1, 0.15) is 25.8 Å². The van der Waals surface area contributed by atoms with E-state index in [4.69, 9.17) is 9.47 Å².